The molecule has 1 atom stereocenters. The number of rotatable bonds is 8. The zero-order valence-electron chi connectivity index (χ0n) is 16.9. The molecule has 1 fully saturated rings. The van der Waals surface area contributed by atoms with Gasteiger partial charge in [0.25, 0.3) is 5.91 Å². The SMILES string of the molecule is CCN(CC)CCOc1ccc(C(=O)N2CCOC(c3n[nH]c(C)n3)C2)cc1. The molecule has 2 aromatic rings. The first-order chi connectivity index (χ1) is 13.6. The monoisotopic (exact) mass is 387 g/mol. The maximum atomic E-state index is 12.8. The number of aromatic amines is 1. The Morgan fingerprint density at radius 2 is 2.07 bits per heavy atom. The summed E-state index contributed by atoms with van der Waals surface area (Å²) in [6.45, 7) is 11.2. The highest BCUT2D eigenvalue weighted by Gasteiger charge is 2.28. The van der Waals surface area contributed by atoms with Gasteiger partial charge in [-0.15, -0.1) is 0 Å². The summed E-state index contributed by atoms with van der Waals surface area (Å²) in [5.41, 5.74) is 0.642. The molecule has 0 saturated carbocycles. The Hall–Kier alpha value is -2.45. The minimum absolute atomic E-state index is 0.0183. The maximum Gasteiger partial charge on any atom is 0.254 e. The van der Waals surface area contributed by atoms with E-state index in [0.29, 0.717) is 37.7 Å². The lowest BCUT2D eigenvalue weighted by atomic mass is 10.1. The van der Waals surface area contributed by atoms with Crippen LogP contribution in [0, 0.1) is 6.92 Å². The molecule has 1 aliphatic heterocycles. The molecule has 3 rings (SSSR count). The van der Waals surface area contributed by atoms with Crippen LogP contribution in [0.25, 0.3) is 0 Å². The third-order valence-corrected chi connectivity index (χ3v) is 4.93. The van der Waals surface area contributed by atoms with E-state index in [4.69, 9.17) is 9.47 Å². The fourth-order valence-corrected chi connectivity index (χ4v) is 3.20. The number of carbonyl (C=O) groups excluding carboxylic acids is 1. The number of H-pyrrole nitrogens is 1. The van der Waals surface area contributed by atoms with Crippen molar-refractivity contribution in [1.29, 1.82) is 0 Å². The topological polar surface area (TPSA) is 83.6 Å². The number of benzene rings is 1. The number of nitrogens with one attached hydrogen (secondary N) is 1. The predicted molar refractivity (Wildman–Crippen MR) is 105 cm³/mol. The molecule has 28 heavy (non-hydrogen) atoms. The predicted octanol–water partition coefficient (Wildman–Crippen LogP) is 2.05. The number of carbonyl (C=O) groups is 1. The highest BCUT2D eigenvalue weighted by molar-refractivity contribution is 5.94. The lowest BCUT2D eigenvalue weighted by molar-refractivity contribution is -0.0266. The number of morpholine rings is 1. The zero-order valence-corrected chi connectivity index (χ0v) is 16.9. The van der Waals surface area contributed by atoms with Crippen LogP contribution in [0.2, 0.25) is 0 Å². The van der Waals surface area contributed by atoms with Crippen molar-refractivity contribution in [3.05, 3.63) is 41.5 Å². The van der Waals surface area contributed by atoms with Gasteiger partial charge in [-0.25, -0.2) is 4.98 Å². The number of nitrogens with zero attached hydrogens (tertiary/aromatic N) is 4. The number of hydrogen-bond acceptors (Lipinski definition) is 6. The molecule has 0 bridgehead atoms. The first-order valence-electron chi connectivity index (χ1n) is 9.85. The van der Waals surface area contributed by atoms with E-state index in [1.165, 1.54) is 0 Å². The fraction of sp³-hybridized carbons (Fsp3) is 0.550. The Labute approximate surface area is 165 Å². The van der Waals surface area contributed by atoms with E-state index in [9.17, 15) is 4.79 Å². The minimum Gasteiger partial charge on any atom is -0.492 e. The van der Waals surface area contributed by atoms with E-state index in [-0.39, 0.29) is 12.0 Å². The van der Waals surface area contributed by atoms with Crippen molar-refractivity contribution in [3.63, 3.8) is 0 Å². The molecule has 1 aliphatic rings. The average Bonchev–Trinajstić information content (AvgIpc) is 3.18. The molecule has 0 spiro atoms. The van der Waals surface area contributed by atoms with Crippen LogP contribution in [0.4, 0.5) is 0 Å². The van der Waals surface area contributed by atoms with E-state index < -0.39 is 0 Å². The van der Waals surface area contributed by atoms with Crippen LogP contribution in [0.5, 0.6) is 5.75 Å². The molecule has 1 aromatic heterocycles. The molecule has 1 amide bonds. The molecule has 152 valence electrons. The van der Waals surface area contributed by atoms with Gasteiger partial charge in [0, 0.05) is 18.7 Å². The molecule has 1 saturated heterocycles. The Balaban J connectivity index is 1.55. The van der Waals surface area contributed by atoms with Crippen LogP contribution in [0.3, 0.4) is 0 Å². The summed E-state index contributed by atoms with van der Waals surface area (Å²) in [5, 5.41) is 6.97. The summed E-state index contributed by atoms with van der Waals surface area (Å²) in [4.78, 5) is 21.3. The molecule has 1 aromatic carbocycles. The first kappa shape index (κ1) is 20.3. The highest BCUT2D eigenvalue weighted by atomic mass is 16.5. The third kappa shape index (κ3) is 5.08. The second-order valence-electron chi connectivity index (χ2n) is 6.79. The van der Waals surface area contributed by atoms with Gasteiger partial charge in [-0.2, -0.15) is 5.10 Å². The molecule has 1 N–H and O–H groups in total. The van der Waals surface area contributed by atoms with Gasteiger partial charge in [-0.3, -0.25) is 9.89 Å². The molecule has 0 aliphatic carbocycles. The van der Waals surface area contributed by atoms with E-state index in [1.54, 1.807) is 4.90 Å². The number of amides is 1. The summed E-state index contributed by atoms with van der Waals surface area (Å²) in [7, 11) is 0. The lowest BCUT2D eigenvalue weighted by Gasteiger charge is -2.31. The quantitative estimate of drug-likeness (QED) is 0.746. The van der Waals surface area contributed by atoms with E-state index in [1.807, 2.05) is 31.2 Å². The summed E-state index contributed by atoms with van der Waals surface area (Å²) in [5.74, 6) is 2.08. The Bertz CT molecular complexity index is 757. The molecule has 1 unspecified atom stereocenters. The summed E-state index contributed by atoms with van der Waals surface area (Å²) < 4.78 is 11.5. The normalized spacial score (nSPS) is 17.1. The van der Waals surface area contributed by atoms with Crippen LogP contribution in [-0.2, 0) is 4.74 Å². The van der Waals surface area contributed by atoms with E-state index >= 15 is 0 Å². The molecular weight excluding hydrogens is 358 g/mol. The molecule has 8 nitrogen and oxygen atoms in total. The summed E-state index contributed by atoms with van der Waals surface area (Å²) in [6, 6.07) is 7.34. The van der Waals surface area contributed by atoms with Crippen LogP contribution in [-0.4, -0.2) is 76.8 Å². The largest absolute Gasteiger partial charge is 0.492 e. The van der Waals surface area contributed by atoms with Crippen molar-refractivity contribution < 1.29 is 14.3 Å². The third-order valence-electron chi connectivity index (χ3n) is 4.93. The van der Waals surface area contributed by atoms with E-state index in [0.717, 1.165) is 31.2 Å². The fourth-order valence-electron chi connectivity index (χ4n) is 3.20. The van der Waals surface area contributed by atoms with Crippen molar-refractivity contribution in [3.8, 4) is 5.75 Å². The zero-order chi connectivity index (χ0) is 19.9. The second-order valence-corrected chi connectivity index (χ2v) is 6.79. The Morgan fingerprint density at radius 3 is 2.71 bits per heavy atom. The van der Waals surface area contributed by atoms with Crippen molar-refractivity contribution in [2.24, 2.45) is 0 Å². The van der Waals surface area contributed by atoms with Gasteiger partial charge in [0.2, 0.25) is 0 Å². The molecule has 0 radical (unpaired) electrons. The number of aryl methyl sites for hydroxylation is 1. The van der Waals surface area contributed by atoms with Crippen molar-refractivity contribution in [1.82, 2.24) is 25.0 Å². The van der Waals surface area contributed by atoms with Gasteiger partial charge in [-0.1, -0.05) is 13.8 Å². The van der Waals surface area contributed by atoms with Crippen molar-refractivity contribution in [2.45, 2.75) is 26.9 Å². The van der Waals surface area contributed by atoms with Crippen LogP contribution in [0.1, 0.15) is 42.0 Å². The number of aromatic nitrogens is 3. The summed E-state index contributed by atoms with van der Waals surface area (Å²) >= 11 is 0. The molecule has 8 heteroatoms. The summed E-state index contributed by atoms with van der Waals surface area (Å²) in [6.07, 6.45) is -0.301. The molecular formula is C20H29N5O3. The van der Waals surface area contributed by atoms with Gasteiger partial charge in [0.15, 0.2) is 5.82 Å². The maximum absolute atomic E-state index is 12.8. The van der Waals surface area contributed by atoms with Gasteiger partial charge < -0.3 is 19.3 Å². The smallest absolute Gasteiger partial charge is 0.254 e. The standard InChI is InChI=1S/C20H29N5O3/c1-4-24(5-2)10-12-27-17-8-6-16(7-9-17)20(26)25-11-13-28-18(14-25)19-21-15(3)22-23-19/h6-9,18H,4-5,10-14H2,1-3H3,(H,21,22,23). The van der Waals surface area contributed by atoms with Crippen molar-refractivity contribution in [2.75, 3.05) is 45.9 Å². The number of hydrogen-bond donors (Lipinski definition) is 1. The van der Waals surface area contributed by atoms with E-state index in [2.05, 4.69) is 33.9 Å². The highest BCUT2D eigenvalue weighted by Crippen LogP contribution is 2.21. The molecule has 2 heterocycles. The van der Waals surface area contributed by atoms with Crippen LogP contribution < -0.4 is 4.74 Å². The second kappa shape index (κ2) is 9.66. The minimum atomic E-state index is -0.301. The van der Waals surface area contributed by atoms with Gasteiger partial charge in [0.1, 0.15) is 24.3 Å². The lowest BCUT2D eigenvalue weighted by Crippen LogP contribution is -2.42. The van der Waals surface area contributed by atoms with Gasteiger partial charge in [0.05, 0.1) is 13.2 Å². The van der Waals surface area contributed by atoms with Crippen LogP contribution in [0.15, 0.2) is 24.3 Å². The number of likely N-dealkylation sites (N-methyl/N-ethyl adjacent to an activating group) is 1. The van der Waals surface area contributed by atoms with Crippen LogP contribution >= 0.6 is 0 Å². The van der Waals surface area contributed by atoms with Gasteiger partial charge >= 0.3 is 0 Å². The van der Waals surface area contributed by atoms with Crippen molar-refractivity contribution >= 4 is 5.91 Å². The Morgan fingerprint density at radius 1 is 1.32 bits per heavy atom. The first-order valence-corrected chi connectivity index (χ1v) is 9.85. The average molecular weight is 387 g/mol. The number of ether oxygens (including phenoxy) is 2. The Kier molecular flexibility index (Phi) is 7.00. The van der Waals surface area contributed by atoms with Gasteiger partial charge in [-0.05, 0) is 44.3 Å².